The molecule has 0 amide bonds. The summed E-state index contributed by atoms with van der Waals surface area (Å²) < 4.78 is 0. The van der Waals surface area contributed by atoms with Crippen molar-refractivity contribution in [3.8, 4) is 0 Å². The van der Waals surface area contributed by atoms with Crippen LogP contribution in [0.15, 0.2) is 5.38 Å². The fourth-order valence-corrected chi connectivity index (χ4v) is 3.06. The summed E-state index contributed by atoms with van der Waals surface area (Å²) in [5.41, 5.74) is 0.457. The number of thiazole rings is 1. The van der Waals surface area contributed by atoms with E-state index in [1.807, 2.05) is 13.8 Å². The minimum absolute atomic E-state index is 0.653. The molecular weight excluding hydrogens is 258 g/mol. The average molecular weight is 283 g/mol. The lowest BCUT2D eigenvalue weighted by atomic mass is 10.1. The molecule has 1 aromatic rings. The molecule has 0 aromatic carbocycles. The molecule has 1 fully saturated rings. The Balaban J connectivity index is 1.94. The van der Waals surface area contributed by atoms with Gasteiger partial charge in [-0.25, -0.2) is 4.98 Å². The molecule has 1 aromatic heterocycles. The third-order valence-corrected chi connectivity index (χ3v) is 4.36. The van der Waals surface area contributed by atoms with Crippen LogP contribution >= 0.6 is 11.3 Å². The standard InChI is InChI=1S/C14H25N3OS/c1-5-17(10-14(2,3)18)8-11-9-19-13(15-11)16(4)12-6-7-12/h9,12,18H,5-8,10H2,1-4H3. The lowest BCUT2D eigenvalue weighted by molar-refractivity contribution is 0.0350. The van der Waals surface area contributed by atoms with Crippen molar-refractivity contribution in [3.05, 3.63) is 11.1 Å². The highest BCUT2D eigenvalue weighted by Crippen LogP contribution is 2.32. The highest BCUT2D eigenvalue weighted by atomic mass is 32.1. The fourth-order valence-electron chi connectivity index (χ4n) is 2.20. The van der Waals surface area contributed by atoms with Gasteiger partial charge in [-0.2, -0.15) is 0 Å². The first-order valence-corrected chi connectivity index (χ1v) is 7.89. The van der Waals surface area contributed by atoms with Crippen LogP contribution in [0.1, 0.15) is 39.3 Å². The molecule has 0 radical (unpaired) electrons. The molecule has 0 spiro atoms. The summed E-state index contributed by atoms with van der Waals surface area (Å²) in [6, 6.07) is 0.706. The van der Waals surface area contributed by atoms with E-state index in [0.29, 0.717) is 12.6 Å². The van der Waals surface area contributed by atoms with E-state index in [4.69, 9.17) is 4.98 Å². The summed E-state index contributed by atoms with van der Waals surface area (Å²) in [7, 11) is 2.13. The van der Waals surface area contributed by atoms with Crippen LogP contribution in [0, 0.1) is 0 Å². The normalized spacial score (nSPS) is 16.1. The van der Waals surface area contributed by atoms with Gasteiger partial charge in [-0.1, -0.05) is 6.92 Å². The number of aromatic nitrogens is 1. The number of nitrogens with zero attached hydrogens (tertiary/aromatic N) is 3. The molecule has 2 rings (SSSR count). The van der Waals surface area contributed by atoms with Gasteiger partial charge in [0, 0.05) is 31.6 Å². The van der Waals surface area contributed by atoms with Gasteiger partial charge in [0.2, 0.25) is 0 Å². The van der Waals surface area contributed by atoms with E-state index in [-0.39, 0.29) is 0 Å². The minimum atomic E-state index is -0.653. The Kier molecular flexibility index (Phi) is 4.48. The topological polar surface area (TPSA) is 39.6 Å². The van der Waals surface area contributed by atoms with Gasteiger partial charge in [0.05, 0.1) is 11.3 Å². The van der Waals surface area contributed by atoms with Crippen molar-refractivity contribution in [2.75, 3.05) is 25.0 Å². The zero-order valence-electron chi connectivity index (χ0n) is 12.4. The molecule has 1 N–H and O–H groups in total. The van der Waals surface area contributed by atoms with Crippen molar-refractivity contribution in [1.82, 2.24) is 9.88 Å². The number of hydrogen-bond donors (Lipinski definition) is 1. The molecule has 108 valence electrons. The second-order valence-corrected chi connectivity index (χ2v) is 6.92. The molecule has 1 saturated carbocycles. The molecule has 1 heterocycles. The highest BCUT2D eigenvalue weighted by molar-refractivity contribution is 7.13. The maximum absolute atomic E-state index is 9.90. The van der Waals surface area contributed by atoms with E-state index in [2.05, 4.69) is 29.2 Å². The van der Waals surface area contributed by atoms with E-state index in [9.17, 15) is 5.11 Å². The van der Waals surface area contributed by atoms with E-state index in [1.165, 1.54) is 12.8 Å². The van der Waals surface area contributed by atoms with E-state index >= 15 is 0 Å². The first-order chi connectivity index (χ1) is 8.89. The molecule has 0 atom stereocenters. The Hall–Kier alpha value is -0.650. The quantitative estimate of drug-likeness (QED) is 0.834. The third kappa shape index (κ3) is 4.44. The van der Waals surface area contributed by atoms with Crippen molar-refractivity contribution in [2.24, 2.45) is 0 Å². The molecule has 1 aliphatic rings. The van der Waals surface area contributed by atoms with Crippen molar-refractivity contribution in [1.29, 1.82) is 0 Å². The van der Waals surface area contributed by atoms with Crippen LogP contribution in [0.5, 0.6) is 0 Å². The van der Waals surface area contributed by atoms with E-state index < -0.39 is 5.60 Å². The van der Waals surface area contributed by atoms with Gasteiger partial charge in [-0.05, 0) is 33.2 Å². The first kappa shape index (κ1) is 14.8. The summed E-state index contributed by atoms with van der Waals surface area (Å²) in [5.74, 6) is 0. The summed E-state index contributed by atoms with van der Waals surface area (Å²) >= 11 is 1.72. The van der Waals surface area contributed by atoms with Gasteiger partial charge >= 0.3 is 0 Å². The number of aliphatic hydroxyl groups is 1. The Morgan fingerprint density at radius 3 is 2.68 bits per heavy atom. The van der Waals surface area contributed by atoms with Gasteiger partial charge in [0.15, 0.2) is 5.13 Å². The van der Waals surface area contributed by atoms with Crippen LogP contribution < -0.4 is 4.90 Å². The summed E-state index contributed by atoms with van der Waals surface area (Å²) in [4.78, 5) is 9.23. The van der Waals surface area contributed by atoms with Crippen LogP contribution in [0.3, 0.4) is 0 Å². The van der Waals surface area contributed by atoms with Crippen molar-refractivity contribution in [3.63, 3.8) is 0 Å². The number of rotatable bonds is 7. The number of anilines is 1. The zero-order chi connectivity index (χ0) is 14.0. The number of likely N-dealkylation sites (N-methyl/N-ethyl adjacent to an activating group) is 1. The van der Waals surface area contributed by atoms with Gasteiger partial charge in [-0.3, -0.25) is 4.90 Å². The van der Waals surface area contributed by atoms with Gasteiger partial charge in [0.25, 0.3) is 0 Å². The average Bonchev–Trinajstić information content (AvgIpc) is 3.06. The lowest BCUT2D eigenvalue weighted by Gasteiger charge is -2.27. The van der Waals surface area contributed by atoms with Crippen molar-refractivity contribution >= 4 is 16.5 Å². The molecule has 0 saturated heterocycles. The summed E-state index contributed by atoms with van der Waals surface area (Å²) in [6.45, 7) is 8.24. The Labute approximate surface area is 120 Å². The molecule has 0 unspecified atom stereocenters. The van der Waals surface area contributed by atoms with Crippen molar-refractivity contribution < 1.29 is 5.11 Å². The maximum Gasteiger partial charge on any atom is 0.185 e. The van der Waals surface area contributed by atoms with Crippen LogP contribution in [0.2, 0.25) is 0 Å². The maximum atomic E-state index is 9.90. The van der Waals surface area contributed by atoms with Gasteiger partial charge in [-0.15, -0.1) is 11.3 Å². The van der Waals surface area contributed by atoms with Gasteiger partial charge < -0.3 is 10.0 Å². The molecule has 4 nitrogen and oxygen atoms in total. The molecule has 19 heavy (non-hydrogen) atoms. The molecule has 0 aliphatic heterocycles. The second-order valence-electron chi connectivity index (χ2n) is 6.08. The predicted molar refractivity (Wildman–Crippen MR) is 80.8 cm³/mol. The molecule has 1 aliphatic carbocycles. The largest absolute Gasteiger partial charge is 0.389 e. The Morgan fingerprint density at radius 2 is 2.16 bits per heavy atom. The van der Waals surface area contributed by atoms with Crippen LogP contribution in [-0.4, -0.2) is 46.8 Å². The second kappa shape index (κ2) is 5.77. The molecule has 5 heteroatoms. The number of hydrogen-bond acceptors (Lipinski definition) is 5. The van der Waals surface area contributed by atoms with Crippen molar-refractivity contribution in [2.45, 2.75) is 51.8 Å². The minimum Gasteiger partial charge on any atom is -0.389 e. The zero-order valence-corrected chi connectivity index (χ0v) is 13.2. The monoisotopic (exact) mass is 283 g/mol. The van der Waals surface area contributed by atoms with Crippen LogP contribution in [-0.2, 0) is 6.54 Å². The Bertz CT molecular complexity index is 409. The van der Waals surface area contributed by atoms with Crippen LogP contribution in [0.4, 0.5) is 5.13 Å². The Morgan fingerprint density at radius 1 is 1.47 bits per heavy atom. The lowest BCUT2D eigenvalue weighted by Crippen LogP contribution is -2.38. The van der Waals surface area contributed by atoms with Crippen LogP contribution in [0.25, 0.3) is 0 Å². The predicted octanol–water partition coefficient (Wildman–Crippen LogP) is 2.33. The SMILES string of the molecule is CCN(Cc1csc(N(C)C2CC2)n1)CC(C)(C)O. The van der Waals surface area contributed by atoms with Gasteiger partial charge in [0.1, 0.15) is 0 Å². The van der Waals surface area contributed by atoms with E-state index in [0.717, 1.165) is 23.9 Å². The molecule has 0 bridgehead atoms. The first-order valence-electron chi connectivity index (χ1n) is 7.01. The summed E-state index contributed by atoms with van der Waals surface area (Å²) in [6.07, 6.45) is 2.59. The summed E-state index contributed by atoms with van der Waals surface area (Å²) in [5, 5.41) is 13.2. The fraction of sp³-hybridized carbons (Fsp3) is 0.786. The molecular formula is C14H25N3OS. The smallest absolute Gasteiger partial charge is 0.185 e. The van der Waals surface area contributed by atoms with E-state index in [1.54, 1.807) is 11.3 Å². The highest BCUT2D eigenvalue weighted by Gasteiger charge is 2.28. The third-order valence-electron chi connectivity index (χ3n) is 3.38.